The average Bonchev–Trinajstić information content (AvgIpc) is 2.67. The summed E-state index contributed by atoms with van der Waals surface area (Å²) in [4.78, 5) is 23.2. The number of halogens is 2. The van der Waals surface area contributed by atoms with Crippen molar-refractivity contribution in [2.45, 2.75) is 39.3 Å². The van der Waals surface area contributed by atoms with Gasteiger partial charge >= 0.3 is 0 Å². The first-order valence-electron chi connectivity index (χ1n) is 10.1. The van der Waals surface area contributed by atoms with Gasteiger partial charge in [0.1, 0.15) is 0 Å². The molecule has 1 amide bonds. The first kappa shape index (κ1) is 26.0. The summed E-state index contributed by atoms with van der Waals surface area (Å²) in [6, 6.07) is 8.25. The van der Waals surface area contributed by atoms with E-state index in [1.54, 1.807) is 7.05 Å². The van der Waals surface area contributed by atoms with E-state index >= 15 is 0 Å². The summed E-state index contributed by atoms with van der Waals surface area (Å²) < 4.78 is 0. The molecule has 1 fully saturated rings. The molecule has 0 saturated carbocycles. The molecule has 1 aromatic rings. The van der Waals surface area contributed by atoms with Crippen LogP contribution in [-0.2, 0) is 11.3 Å². The van der Waals surface area contributed by atoms with Crippen LogP contribution in [0.4, 0.5) is 0 Å². The second-order valence-corrected chi connectivity index (χ2v) is 8.06. The summed E-state index contributed by atoms with van der Waals surface area (Å²) in [6.07, 6.45) is 2.23. The molecule has 0 unspecified atom stereocenters. The molecule has 1 heterocycles. The normalized spacial score (nSPS) is 15.1. The zero-order valence-electron chi connectivity index (χ0n) is 18.0. The number of hydrogen-bond acceptors (Lipinski definition) is 3. The minimum absolute atomic E-state index is 0. The third kappa shape index (κ3) is 8.68. The second kappa shape index (κ2) is 13.3. The molecule has 0 aliphatic carbocycles. The van der Waals surface area contributed by atoms with Gasteiger partial charge in [-0.15, -0.1) is 24.0 Å². The standard InChI is InChI=1S/C21H34ClN5O.HI/c1-17(2)25(4)12-6-5-11-24-21(23-3)27-14-13-26(20(28)16-27)15-18-7-9-19(22)10-8-18;/h7-10,17H,5-6,11-16H2,1-4H3,(H,23,24);1H. The number of guanidine groups is 1. The lowest BCUT2D eigenvalue weighted by Gasteiger charge is -2.36. The van der Waals surface area contributed by atoms with E-state index in [0.29, 0.717) is 30.7 Å². The zero-order chi connectivity index (χ0) is 20.5. The average molecular weight is 536 g/mol. The predicted molar refractivity (Wildman–Crippen MR) is 132 cm³/mol. The minimum atomic E-state index is 0. The molecule has 164 valence electrons. The smallest absolute Gasteiger partial charge is 0.242 e. The Bertz CT molecular complexity index is 653. The summed E-state index contributed by atoms with van der Waals surface area (Å²) in [5.41, 5.74) is 1.10. The van der Waals surface area contributed by atoms with Gasteiger partial charge in [-0.25, -0.2) is 0 Å². The Morgan fingerprint density at radius 2 is 1.93 bits per heavy atom. The van der Waals surface area contributed by atoms with Crippen LogP contribution in [-0.4, -0.2) is 79.4 Å². The molecule has 8 heteroatoms. The van der Waals surface area contributed by atoms with Crippen molar-refractivity contribution in [2.75, 3.05) is 46.8 Å². The first-order valence-corrected chi connectivity index (χ1v) is 10.5. The van der Waals surface area contributed by atoms with Gasteiger partial charge in [0, 0.05) is 44.3 Å². The van der Waals surface area contributed by atoms with Crippen molar-refractivity contribution >= 4 is 47.4 Å². The van der Waals surface area contributed by atoms with Crippen molar-refractivity contribution in [3.8, 4) is 0 Å². The largest absolute Gasteiger partial charge is 0.356 e. The van der Waals surface area contributed by atoms with Gasteiger partial charge in [-0.2, -0.15) is 0 Å². The molecule has 1 saturated heterocycles. The van der Waals surface area contributed by atoms with Gasteiger partial charge in [0.05, 0.1) is 6.54 Å². The number of unbranched alkanes of at least 4 members (excludes halogenated alkanes) is 1. The number of carbonyl (C=O) groups excluding carboxylic acids is 1. The maximum Gasteiger partial charge on any atom is 0.242 e. The van der Waals surface area contributed by atoms with Crippen LogP contribution in [0.15, 0.2) is 29.3 Å². The van der Waals surface area contributed by atoms with Gasteiger partial charge in [-0.1, -0.05) is 23.7 Å². The van der Waals surface area contributed by atoms with Gasteiger partial charge in [0.15, 0.2) is 5.96 Å². The lowest BCUT2D eigenvalue weighted by Crippen LogP contribution is -2.55. The number of rotatable bonds is 8. The molecule has 0 spiro atoms. The van der Waals surface area contributed by atoms with Crippen LogP contribution in [0.1, 0.15) is 32.3 Å². The number of piperazine rings is 1. The monoisotopic (exact) mass is 535 g/mol. The van der Waals surface area contributed by atoms with E-state index < -0.39 is 0 Å². The van der Waals surface area contributed by atoms with Crippen LogP contribution >= 0.6 is 35.6 Å². The van der Waals surface area contributed by atoms with Gasteiger partial charge in [-0.3, -0.25) is 9.79 Å². The Morgan fingerprint density at radius 3 is 2.52 bits per heavy atom. The zero-order valence-corrected chi connectivity index (χ0v) is 21.1. The Morgan fingerprint density at radius 1 is 1.24 bits per heavy atom. The van der Waals surface area contributed by atoms with E-state index in [-0.39, 0.29) is 29.9 Å². The maximum atomic E-state index is 12.6. The highest BCUT2D eigenvalue weighted by molar-refractivity contribution is 14.0. The van der Waals surface area contributed by atoms with Crippen molar-refractivity contribution in [2.24, 2.45) is 4.99 Å². The van der Waals surface area contributed by atoms with Crippen LogP contribution in [0.25, 0.3) is 0 Å². The minimum Gasteiger partial charge on any atom is -0.356 e. The van der Waals surface area contributed by atoms with Gasteiger partial charge < -0.3 is 20.0 Å². The first-order chi connectivity index (χ1) is 13.4. The predicted octanol–water partition coefficient (Wildman–Crippen LogP) is 3.30. The molecule has 1 aliphatic heterocycles. The summed E-state index contributed by atoms with van der Waals surface area (Å²) in [5, 5.41) is 4.12. The maximum absolute atomic E-state index is 12.6. The number of amides is 1. The highest BCUT2D eigenvalue weighted by Crippen LogP contribution is 2.13. The molecular formula is C21H35ClIN5O. The van der Waals surface area contributed by atoms with Crippen LogP contribution in [0.3, 0.4) is 0 Å². The highest BCUT2D eigenvalue weighted by atomic mass is 127. The Kier molecular flexibility index (Phi) is 11.9. The fourth-order valence-corrected chi connectivity index (χ4v) is 3.27. The van der Waals surface area contributed by atoms with E-state index in [0.717, 1.165) is 44.0 Å². The molecule has 1 N–H and O–H groups in total. The fraction of sp³-hybridized carbons (Fsp3) is 0.619. The third-order valence-electron chi connectivity index (χ3n) is 5.22. The number of nitrogens with zero attached hydrogens (tertiary/aromatic N) is 4. The van der Waals surface area contributed by atoms with E-state index in [9.17, 15) is 4.79 Å². The lowest BCUT2D eigenvalue weighted by atomic mass is 10.2. The molecule has 0 aromatic heterocycles. The number of hydrogen-bond donors (Lipinski definition) is 1. The summed E-state index contributed by atoms with van der Waals surface area (Å²) in [7, 11) is 3.94. The SMILES string of the molecule is CN=C(NCCCCN(C)C(C)C)N1CCN(Cc2ccc(Cl)cc2)C(=O)C1.I. The number of aliphatic imine (C=N–C) groups is 1. The molecule has 0 bridgehead atoms. The Hall–Kier alpha value is -1.06. The van der Waals surface area contributed by atoms with Crippen LogP contribution in [0, 0.1) is 0 Å². The third-order valence-corrected chi connectivity index (χ3v) is 5.47. The lowest BCUT2D eigenvalue weighted by molar-refractivity contribution is -0.135. The van der Waals surface area contributed by atoms with E-state index in [1.807, 2.05) is 34.1 Å². The number of benzene rings is 1. The van der Waals surface area contributed by atoms with Crippen molar-refractivity contribution in [3.05, 3.63) is 34.9 Å². The van der Waals surface area contributed by atoms with E-state index in [2.05, 4.69) is 36.1 Å². The molecule has 29 heavy (non-hydrogen) atoms. The van der Waals surface area contributed by atoms with Crippen molar-refractivity contribution < 1.29 is 4.79 Å². The highest BCUT2D eigenvalue weighted by Gasteiger charge is 2.25. The molecule has 2 rings (SSSR count). The van der Waals surface area contributed by atoms with E-state index in [4.69, 9.17) is 11.6 Å². The summed E-state index contributed by atoms with van der Waals surface area (Å²) in [6.45, 7) is 8.87. The van der Waals surface area contributed by atoms with Gasteiger partial charge in [0.25, 0.3) is 0 Å². The second-order valence-electron chi connectivity index (χ2n) is 7.62. The molecular weight excluding hydrogens is 501 g/mol. The van der Waals surface area contributed by atoms with E-state index in [1.165, 1.54) is 0 Å². The van der Waals surface area contributed by atoms with Crippen LogP contribution in [0.2, 0.25) is 5.02 Å². The number of nitrogens with one attached hydrogen (secondary N) is 1. The topological polar surface area (TPSA) is 51.2 Å². The fourth-order valence-electron chi connectivity index (χ4n) is 3.14. The Balaban J connectivity index is 0.00000420. The summed E-state index contributed by atoms with van der Waals surface area (Å²) in [5.74, 6) is 0.944. The van der Waals surface area contributed by atoms with Crippen molar-refractivity contribution in [1.82, 2.24) is 20.0 Å². The van der Waals surface area contributed by atoms with Gasteiger partial charge in [-0.05, 0) is 58.0 Å². The molecule has 1 aromatic carbocycles. The van der Waals surface area contributed by atoms with Crippen LogP contribution < -0.4 is 5.32 Å². The van der Waals surface area contributed by atoms with Crippen LogP contribution in [0.5, 0.6) is 0 Å². The summed E-state index contributed by atoms with van der Waals surface area (Å²) >= 11 is 5.93. The molecule has 0 radical (unpaired) electrons. The van der Waals surface area contributed by atoms with Crippen molar-refractivity contribution in [3.63, 3.8) is 0 Å². The number of carbonyl (C=O) groups is 1. The quantitative estimate of drug-likeness (QED) is 0.240. The van der Waals surface area contributed by atoms with Crippen molar-refractivity contribution in [1.29, 1.82) is 0 Å². The molecule has 6 nitrogen and oxygen atoms in total. The molecule has 1 aliphatic rings. The van der Waals surface area contributed by atoms with Gasteiger partial charge in [0.2, 0.25) is 5.91 Å². The Labute approximate surface area is 197 Å². The molecule has 0 atom stereocenters.